The maximum atomic E-state index is 12.7. The lowest BCUT2D eigenvalue weighted by molar-refractivity contribution is 0.230. The molecule has 0 amide bonds. The van der Waals surface area contributed by atoms with Crippen molar-refractivity contribution in [1.29, 1.82) is 0 Å². The normalized spacial score (nSPS) is 12.4. The molecule has 0 atom stereocenters. The van der Waals surface area contributed by atoms with Crippen molar-refractivity contribution < 1.29 is 13.6 Å². The van der Waals surface area contributed by atoms with Crippen LogP contribution in [0, 0.1) is 0 Å². The highest BCUT2D eigenvalue weighted by atomic mass is 31.2. The van der Waals surface area contributed by atoms with E-state index in [9.17, 15) is 4.57 Å². The molecule has 0 aliphatic rings. The van der Waals surface area contributed by atoms with Crippen molar-refractivity contribution in [3.05, 3.63) is 48.2 Å². The Labute approximate surface area is 143 Å². The highest BCUT2D eigenvalue weighted by Crippen LogP contribution is 2.46. The highest BCUT2D eigenvalue weighted by molar-refractivity contribution is 7.62. The molecule has 6 heteroatoms. The molecule has 0 spiro atoms. The van der Waals surface area contributed by atoms with E-state index >= 15 is 0 Å². The fourth-order valence-corrected chi connectivity index (χ4v) is 3.85. The molecule has 2 rings (SSSR count). The van der Waals surface area contributed by atoms with Gasteiger partial charge in [0.05, 0.1) is 24.2 Å². The van der Waals surface area contributed by atoms with Crippen molar-refractivity contribution >= 4 is 12.9 Å². The van der Waals surface area contributed by atoms with E-state index in [2.05, 4.69) is 4.98 Å². The zero-order valence-corrected chi connectivity index (χ0v) is 15.5. The topological polar surface area (TPSA) is 74.4 Å². The molecule has 1 aromatic heterocycles. The van der Waals surface area contributed by atoms with Crippen molar-refractivity contribution in [1.82, 2.24) is 4.98 Å². The average molecular weight is 348 g/mol. The number of nitrogens with zero attached hydrogens (tertiary/aromatic N) is 1. The zero-order valence-electron chi connectivity index (χ0n) is 14.7. The van der Waals surface area contributed by atoms with E-state index in [0.717, 1.165) is 16.8 Å². The smallest absolute Gasteiger partial charge is 0.322 e. The lowest BCUT2D eigenvalue weighted by Gasteiger charge is -2.19. The summed E-state index contributed by atoms with van der Waals surface area (Å²) >= 11 is 0. The maximum Gasteiger partial charge on any atom is 0.361 e. The summed E-state index contributed by atoms with van der Waals surface area (Å²) in [4.78, 5) is 4.47. The number of pyridine rings is 1. The van der Waals surface area contributed by atoms with Gasteiger partial charge in [-0.2, -0.15) is 0 Å². The Kier molecular flexibility index (Phi) is 5.94. The Morgan fingerprint density at radius 3 is 2.04 bits per heavy atom. The minimum atomic E-state index is -3.25. The Balaban J connectivity index is 2.27. The Morgan fingerprint density at radius 2 is 1.62 bits per heavy atom. The van der Waals surface area contributed by atoms with E-state index in [1.165, 1.54) is 0 Å². The molecule has 130 valence electrons. The van der Waals surface area contributed by atoms with E-state index in [1.807, 2.05) is 38.1 Å². The summed E-state index contributed by atoms with van der Waals surface area (Å²) in [6, 6.07) is 11.2. The summed E-state index contributed by atoms with van der Waals surface area (Å²) < 4.78 is 23.5. The minimum absolute atomic E-state index is 0.330. The summed E-state index contributed by atoms with van der Waals surface area (Å²) in [6.07, 6.45) is 1.79. The fourth-order valence-electron chi connectivity index (χ4n) is 2.29. The van der Waals surface area contributed by atoms with Gasteiger partial charge in [-0.15, -0.1) is 0 Å². The standard InChI is InChI=1S/C18H25N2O3P/c1-5-22-24(21,23-6-2)16-10-7-14(8-11-16)17-12-9-15(13-20-17)18(3,4)19/h7-13H,5-6,19H2,1-4H3. The van der Waals surface area contributed by atoms with E-state index in [-0.39, 0.29) is 0 Å². The SMILES string of the molecule is CCOP(=O)(OCC)c1ccc(-c2ccc(C(C)(C)N)cn2)cc1. The van der Waals surface area contributed by atoms with Gasteiger partial charge in [-0.05, 0) is 51.5 Å². The number of hydrogen-bond donors (Lipinski definition) is 1. The molecule has 1 aromatic carbocycles. The van der Waals surface area contributed by atoms with Crippen LogP contribution in [0.4, 0.5) is 0 Å². The van der Waals surface area contributed by atoms with Gasteiger partial charge < -0.3 is 14.8 Å². The summed E-state index contributed by atoms with van der Waals surface area (Å²) in [7, 11) is -3.25. The molecule has 1 heterocycles. The van der Waals surface area contributed by atoms with E-state index in [1.54, 1.807) is 32.2 Å². The van der Waals surface area contributed by atoms with Crippen LogP contribution in [0.2, 0.25) is 0 Å². The van der Waals surface area contributed by atoms with Gasteiger partial charge >= 0.3 is 7.60 Å². The van der Waals surface area contributed by atoms with Gasteiger partial charge in [0.15, 0.2) is 0 Å². The van der Waals surface area contributed by atoms with Crippen LogP contribution < -0.4 is 11.0 Å². The highest BCUT2D eigenvalue weighted by Gasteiger charge is 2.26. The third-order valence-corrected chi connectivity index (χ3v) is 5.71. The first-order valence-electron chi connectivity index (χ1n) is 8.05. The van der Waals surface area contributed by atoms with E-state index in [0.29, 0.717) is 18.5 Å². The molecule has 0 saturated carbocycles. The van der Waals surface area contributed by atoms with Crippen LogP contribution in [-0.2, 0) is 19.2 Å². The molecular formula is C18H25N2O3P. The van der Waals surface area contributed by atoms with Gasteiger partial charge in [-0.3, -0.25) is 9.55 Å². The zero-order chi connectivity index (χ0) is 17.8. The van der Waals surface area contributed by atoms with Gasteiger partial charge in [0.1, 0.15) is 0 Å². The quantitative estimate of drug-likeness (QED) is 0.770. The maximum absolute atomic E-state index is 12.7. The lowest BCUT2D eigenvalue weighted by atomic mass is 9.97. The molecule has 0 unspecified atom stereocenters. The van der Waals surface area contributed by atoms with Crippen molar-refractivity contribution in [3.63, 3.8) is 0 Å². The first-order valence-corrected chi connectivity index (χ1v) is 9.60. The Hall–Kier alpha value is -1.52. The number of hydrogen-bond acceptors (Lipinski definition) is 5. The van der Waals surface area contributed by atoms with Crippen molar-refractivity contribution in [2.75, 3.05) is 13.2 Å². The molecule has 0 bridgehead atoms. The molecular weight excluding hydrogens is 323 g/mol. The molecule has 0 saturated heterocycles. The monoisotopic (exact) mass is 348 g/mol. The van der Waals surface area contributed by atoms with Crippen LogP contribution in [0.3, 0.4) is 0 Å². The number of rotatable bonds is 7. The van der Waals surface area contributed by atoms with Crippen LogP contribution in [0.15, 0.2) is 42.6 Å². The van der Waals surface area contributed by atoms with Crippen molar-refractivity contribution in [2.45, 2.75) is 33.2 Å². The summed E-state index contributed by atoms with van der Waals surface area (Å²) in [6.45, 7) is 8.14. The van der Waals surface area contributed by atoms with Gasteiger partial charge in [0.25, 0.3) is 0 Å². The Bertz CT molecular complexity index is 697. The van der Waals surface area contributed by atoms with Gasteiger partial charge in [0, 0.05) is 17.3 Å². The Morgan fingerprint density at radius 1 is 1.04 bits per heavy atom. The first-order chi connectivity index (χ1) is 11.3. The predicted molar refractivity (Wildman–Crippen MR) is 97.4 cm³/mol. The molecule has 5 nitrogen and oxygen atoms in total. The molecule has 24 heavy (non-hydrogen) atoms. The molecule has 2 aromatic rings. The van der Waals surface area contributed by atoms with Crippen molar-refractivity contribution in [2.24, 2.45) is 5.73 Å². The summed E-state index contributed by atoms with van der Waals surface area (Å²) in [5, 5.41) is 0.551. The van der Waals surface area contributed by atoms with Gasteiger partial charge in [-0.25, -0.2) is 0 Å². The summed E-state index contributed by atoms with van der Waals surface area (Å²) in [5.74, 6) is 0. The van der Waals surface area contributed by atoms with E-state index in [4.69, 9.17) is 14.8 Å². The van der Waals surface area contributed by atoms with Crippen LogP contribution in [-0.4, -0.2) is 18.2 Å². The number of aromatic nitrogens is 1. The minimum Gasteiger partial charge on any atom is -0.322 e. The predicted octanol–water partition coefficient (Wildman–Crippen LogP) is 3.83. The number of benzene rings is 1. The van der Waals surface area contributed by atoms with E-state index < -0.39 is 13.1 Å². The molecule has 0 fully saturated rings. The molecule has 0 aliphatic heterocycles. The third-order valence-electron chi connectivity index (χ3n) is 3.58. The van der Waals surface area contributed by atoms with Gasteiger partial charge in [-0.1, -0.05) is 18.2 Å². The van der Waals surface area contributed by atoms with Crippen LogP contribution in [0.1, 0.15) is 33.3 Å². The van der Waals surface area contributed by atoms with Crippen LogP contribution in [0.25, 0.3) is 11.3 Å². The first kappa shape index (κ1) is 18.8. The second kappa shape index (κ2) is 7.58. The summed E-state index contributed by atoms with van der Waals surface area (Å²) in [5.41, 5.74) is 8.39. The average Bonchev–Trinajstić information content (AvgIpc) is 2.55. The third kappa shape index (κ3) is 4.31. The molecule has 0 aliphatic carbocycles. The van der Waals surface area contributed by atoms with Crippen molar-refractivity contribution in [3.8, 4) is 11.3 Å². The van der Waals surface area contributed by atoms with Gasteiger partial charge in [0.2, 0.25) is 0 Å². The fraction of sp³-hybridized carbons (Fsp3) is 0.389. The molecule has 0 radical (unpaired) electrons. The molecule has 2 N–H and O–H groups in total. The second-order valence-corrected chi connectivity index (χ2v) is 8.06. The number of nitrogens with two attached hydrogens (primary N) is 1. The lowest BCUT2D eigenvalue weighted by Crippen LogP contribution is -2.28. The van der Waals surface area contributed by atoms with Crippen LogP contribution >= 0.6 is 7.60 Å². The second-order valence-electron chi connectivity index (χ2n) is 6.03. The largest absolute Gasteiger partial charge is 0.361 e. The van der Waals surface area contributed by atoms with Crippen LogP contribution in [0.5, 0.6) is 0 Å².